The first kappa shape index (κ1) is 21.7. The lowest BCUT2D eigenvalue weighted by Gasteiger charge is -2.18. The summed E-state index contributed by atoms with van der Waals surface area (Å²) in [4.78, 5) is 12.4. The van der Waals surface area contributed by atoms with E-state index in [2.05, 4.69) is 15.4 Å². The van der Waals surface area contributed by atoms with E-state index >= 15 is 0 Å². The number of carbonyl (C=O) groups excluding carboxylic acids is 1. The summed E-state index contributed by atoms with van der Waals surface area (Å²) in [7, 11) is 1.47. The van der Waals surface area contributed by atoms with Gasteiger partial charge in [0, 0.05) is 16.8 Å². The molecule has 0 saturated carbocycles. The number of halogens is 4. The van der Waals surface area contributed by atoms with Crippen molar-refractivity contribution in [2.75, 3.05) is 24.4 Å². The van der Waals surface area contributed by atoms with E-state index in [9.17, 15) is 18.0 Å². The van der Waals surface area contributed by atoms with Crippen LogP contribution < -0.4 is 20.1 Å². The lowest BCUT2D eigenvalue weighted by molar-refractivity contribution is -0.153. The van der Waals surface area contributed by atoms with Crippen molar-refractivity contribution in [2.24, 2.45) is 0 Å². The highest BCUT2D eigenvalue weighted by molar-refractivity contribution is 6.31. The molecule has 9 heteroatoms. The molecule has 28 heavy (non-hydrogen) atoms. The normalized spacial score (nSPS) is 12.2. The maximum atomic E-state index is 12.4. The summed E-state index contributed by atoms with van der Waals surface area (Å²) >= 11 is 6.05. The number of aryl methyl sites for hydroxylation is 1. The molecule has 0 saturated heterocycles. The predicted molar refractivity (Wildman–Crippen MR) is 102 cm³/mol. The molecule has 0 aliphatic carbocycles. The molecule has 2 rings (SSSR count). The Bertz CT molecular complexity index is 826. The van der Waals surface area contributed by atoms with E-state index in [0.717, 1.165) is 5.56 Å². The highest BCUT2D eigenvalue weighted by Crippen LogP contribution is 2.31. The van der Waals surface area contributed by atoms with Crippen molar-refractivity contribution in [3.8, 4) is 11.5 Å². The Morgan fingerprint density at radius 2 is 1.86 bits per heavy atom. The lowest BCUT2D eigenvalue weighted by Crippen LogP contribution is -2.32. The summed E-state index contributed by atoms with van der Waals surface area (Å²) < 4.78 is 46.4. The largest absolute Gasteiger partial charge is 0.495 e. The van der Waals surface area contributed by atoms with Crippen LogP contribution in [0.3, 0.4) is 0 Å². The highest BCUT2D eigenvalue weighted by Gasteiger charge is 2.28. The van der Waals surface area contributed by atoms with Crippen LogP contribution in [-0.4, -0.2) is 31.8 Å². The van der Waals surface area contributed by atoms with Crippen molar-refractivity contribution in [3.05, 3.63) is 47.0 Å². The maximum Gasteiger partial charge on any atom is 0.422 e. The minimum absolute atomic E-state index is 0.0846. The summed E-state index contributed by atoms with van der Waals surface area (Å²) in [6, 6.07) is 8.55. The van der Waals surface area contributed by atoms with Gasteiger partial charge in [0.2, 0.25) is 5.91 Å². The van der Waals surface area contributed by atoms with Gasteiger partial charge in [-0.15, -0.1) is 0 Å². The smallest absolute Gasteiger partial charge is 0.422 e. The molecule has 2 N–H and O–H groups in total. The Kier molecular flexibility index (Phi) is 7.01. The van der Waals surface area contributed by atoms with E-state index < -0.39 is 18.8 Å². The van der Waals surface area contributed by atoms with Crippen LogP contribution in [0.15, 0.2) is 36.4 Å². The van der Waals surface area contributed by atoms with Gasteiger partial charge < -0.3 is 20.1 Å². The summed E-state index contributed by atoms with van der Waals surface area (Å²) in [6.45, 7) is 2.10. The van der Waals surface area contributed by atoms with Gasteiger partial charge in [0.05, 0.1) is 12.8 Å². The lowest BCUT2D eigenvalue weighted by atomic mass is 10.2. The number of ether oxygens (including phenoxy) is 2. The standard InChI is InChI=1S/C19H20ClF3N2O3/c1-11-8-16(17(27-3)9-15(11)20)25-18(26)12(2)24-13-4-6-14(7-5-13)28-10-19(21,22)23/h4-9,12,24H,10H2,1-3H3,(H,25,26). The minimum Gasteiger partial charge on any atom is -0.495 e. The van der Waals surface area contributed by atoms with E-state index in [0.29, 0.717) is 22.1 Å². The van der Waals surface area contributed by atoms with E-state index in [4.69, 9.17) is 16.3 Å². The number of alkyl halides is 3. The third-order valence-electron chi connectivity index (χ3n) is 3.77. The van der Waals surface area contributed by atoms with Crippen LogP contribution in [0, 0.1) is 6.92 Å². The van der Waals surface area contributed by atoms with Gasteiger partial charge in [0.15, 0.2) is 6.61 Å². The molecule has 0 aliphatic rings. The number of carbonyl (C=O) groups is 1. The van der Waals surface area contributed by atoms with Gasteiger partial charge in [-0.2, -0.15) is 13.2 Å². The molecule has 1 amide bonds. The van der Waals surface area contributed by atoms with Gasteiger partial charge in [-0.25, -0.2) is 0 Å². The Morgan fingerprint density at radius 1 is 1.21 bits per heavy atom. The number of amides is 1. The number of rotatable bonds is 7. The van der Waals surface area contributed by atoms with Crippen molar-refractivity contribution in [1.29, 1.82) is 0 Å². The van der Waals surface area contributed by atoms with Crippen LogP contribution in [0.5, 0.6) is 11.5 Å². The molecule has 0 radical (unpaired) electrons. The van der Waals surface area contributed by atoms with Crippen molar-refractivity contribution >= 4 is 28.9 Å². The minimum atomic E-state index is -4.40. The number of nitrogens with one attached hydrogen (secondary N) is 2. The molecule has 5 nitrogen and oxygen atoms in total. The molecule has 0 spiro atoms. The molecule has 0 aliphatic heterocycles. The molecule has 0 aromatic heterocycles. The summed E-state index contributed by atoms with van der Waals surface area (Å²) in [5.41, 5.74) is 1.83. The Balaban J connectivity index is 1.98. The van der Waals surface area contributed by atoms with Gasteiger partial charge >= 0.3 is 6.18 Å². The van der Waals surface area contributed by atoms with E-state index in [1.807, 2.05) is 6.92 Å². The van der Waals surface area contributed by atoms with Crippen LogP contribution in [-0.2, 0) is 4.79 Å². The first-order valence-corrected chi connectivity index (χ1v) is 8.68. The topological polar surface area (TPSA) is 59.6 Å². The molecule has 1 unspecified atom stereocenters. The second-order valence-corrected chi connectivity index (χ2v) is 6.49. The fraction of sp³-hybridized carbons (Fsp3) is 0.316. The van der Waals surface area contributed by atoms with Gasteiger partial charge in [-0.3, -0.25) is 4.79 Å². The molecular formula is C19H20ClF3N2O3. The van der Waals surface area contributed by atoms with E-state index in [-0.39, 0.29) is 11.7 Å². The van der Waals surface area contributed by atoms with Crippen LogP contribution in [0.1, 0.15) is 12.5 Å². The first-order chi connectivity index (χ1) is 13.1. The molecule has 2 aromatic rings. The molecule has 2 aromatic carbocycles. The molecule has 0 heterocycles. The van der Waals surface area contributed by atoms with Crippen molar-refractivity contribution in [2.45, 2.75) is 26.1 Å². The maximum absolute atomic E-state index is 12.4. The average Bonchev–Trinajstić information content (AvgIpc) is 2.63. The Labute approximate surface area is 165 Å². The van der Waals surface area contributed by atoms with Crippen molar-refractivity contribution in [1.82, 2.24) is 0 Å². The van der Waals surface area contributed by atoms with Crippen LogP contribution >= 0.6 is 11.6 Å². The van der Waals surface area contributed by atoms with E-state index in [1.165, 1.54) is 31.4 Å². The second kappa shape index (κ2) is 9.05. The summed E-state index contributed by atoms with van der Waals surface area (Å²) in [5.74, 6) is 0.195. The number of anilines is 2. The second-order valence-electron chi connectivity index (χ2n) is 6.09. The summed E-state index contributed by atoms with van der Waals surface area (Å²) in [5, 5.41) is 6.25. The van der Waals surface area contributed by atoms with Gasteiger partial charge in [0.1, 0.15) is 17.5 Å². The third kappa shape index (κ3) is 6.23. The zero-order valence-corrected chi connectivity index (χ0v) is 16.2. The number of hydrogen-bond acceptors (Lipinski definition) is 4. The molecule has 0 fully saturated rings. The number of benzene rings is 2. The average molecular weight is 417 g/mol. The zero-order chi connectivity index (χ0) is 20.9. The fourth-order valence-electron chi connectivity index (χ4n) is 2.30. The van der Waals surface area contributed by atoms with Gasteiger partial charge in [-0.05, 0) is 49.7 Å². The van der Waals surface area contributed by atoms with Crippen molar-refractivity contribution < 1.29 is 27.4 Å². The number of methoxy groups -OCH3 is 1. The quantitative estimate of drug-likeness (QED) is 0.664. The number of hydrogen-bond donors (Lipinski definition) is 2. The molecular weight excluding hydrogens is 397 g/mol. The Hall–Kier alpha value is -2.61. The van der Waals surface area contributed by atoms with Gasteiger partial charge in [-0.1, -0.05) is 11.6 Å². The van der Waals surface area contributed by atoms with Gasteiger partial charge in [0.25, 0.3) is 0 Å². The third-order valence-corrected chi connectivity index (χ3v) is 4.18. The Morgan fingerprint density at radius 3 is 2.43 bits per heavy atom. The first-order valence-electron chi connectivity index (χ1n) is 8.30. The predicted octanol–water partition coefficient (Wildman–Crippen LogP) is 5.04. The molecule has 0 bridgehead atoms. The monoisotopic (exact) mass is 416 g/mol. The molecule has 152 valence electrons. The fourth-order valence-corrected chi connectivity index (χ4v) is 2.45. The SMILES string of the molecule is COc1cc(Cl)c(C)cc1NC(=O)C(C)Nc1ccc(OCC(F)(F)F)cc1. The van der Waals surface area contributed by atoms with Crippen LogP contribution in [0.25, 0.3) is 0 Å². The van der Waals surface area contributed by atoms with E-state index in [1.54, 1.807) is 19.1 Å². The summed E-state index contributed by atoms with van der Waals surface area (Å²) in [6.07, 6.45) is -4.40. The molecule has 1 atom stereocenters. The zero-order valence-electron chi connectivity index (χ0n) is 15.5. The van der Waals surface area contributed by atoms with Crippen molar-refractivity contribution in [3.63, 3.8) is 0 Å². The van der Waals surface area contributed by atoms with Crippen LogP contribution in [0.2, 0.25) is 5.02 Å². The highest BCUT2D eigenvalue weighted by atomic mass is 35.5. The van der Waals surface area contributed by atoms with Crippen LogP contribution in [0.4, 0.5) is 24.5 Å².